The first-order chi connectivity index (χ1) is 3.79. The van der Waals surface area contributed by atoms with E-state index in [0.29, 0.717) is 0 Å². The molecule has 0 saturated heterocycles. The summed E-state index contributed by atoms with van der Waals surface area (Å²) in [5.41, 5.74) is 0.978. The molecule has 0 aromatic rings. The molecular formula is C6H8N2. The molecule has 0 amide bonds. The number of allylic oxidation sites excluding steroid dienone is 3. The summed E-state index contributed by atoms with van der Waals surface area (Å²) in [6.07, 6.45) is 7.20. The van der Waals surface area contributed by atoms with Crippen LogP contribution in [0.15, 0.2) is 36.7 Å². The van der Waals surface area contributed by atoms with Crippen molar-refractivity contribution in [2.24, 2.45) is 5.84 Å². The summed E-state index contributed by atoms with van der Waals surface area (Å²) in [4.78, 5) is 0. The van der Waals surface area contributed by atoms with Gasteiger partial charge in [0.15, 0.2) is 0 Å². The number of hydrazine groups is 1. The van der Waals surface area contributed by atoms with Crippen molar-refractivity contribution in [2.75, 3.05) is 0 Å². The maximum absolute atomic E-state index is 5.32. The van der Waals surface area contributed by atoms with Gasteiger partial charge in [0.2, 0.25) is 0 Å². The summed E-state index contributed by atoms with van der Waals surface area (Å²) in [5, 5.41) is 1.48. The van der Waals surface area contributed by atoms with Crippen LogP contribution in [0.3, 0.4) is 0 Å². The summed E-state index contributed by atoms with van der Waals surface area (Å²) in [6, 6.07) is 0. The molecule has 2 heteroatoms. The van der Waals surface area contributed by atoms with E-state index in [4.69, 9.17) is 5.84 Å². The topological polar surface area (TPSA) is 29.3 Å². The first kappa shape index (κ1) is 5.12. The van der Waals surface area contributed by atoms with Gasteiger partial charge in [-0.3, -0.25) is 5.01 Å². The Morgan fingerprint density at radius 3 is 2.25 bits per heavy atom. The molecule has 8 heavy (non-hydrogen) atoms. The minimum Gasteiger partial charge on any atom is -0.294 e. The van der Waals surface area contributed by atoms with E-state index in [1.54, 1.807) is 12.4 Å². The maximum atomic E-state index is 5.32. The van der Waals surface area contributed by atoms with E-state index < -0.39 is 0 Å². The van der Waals surface area contributed by atoms with Gasteiger partial charge in [-0.15, -0.1) is 0 Å². The fourth-order valence-corrected chi connectivity index (χ4v) is 0.469. The van der Waals surface area contributed by atoms with Crippen LogP contribution in [-0.4, -0.2) is 5.01 Å². The first-order valence-electron chi connectivity index (χ1n) is 2.37. The number of nitrogens with zero attached hydrogens (tertiary/aromatic N) is 1. The molecule has 0 fully saturated rings. The molecule has 1 aliphatic rings. The third-order valence-corrected chi connectivity index (χ3v) is 0.921. The van der Waals surface area contributed by atoms with E-state index in [9.17, 15) is 0 Å². The number of nitrogens with two attached hydrogens (primary N) is 1. The lowest BCUT2D eigenvalue weighted by atomic mass is 10.2. The zero-order chi connectivity index (χ0) is 5.98. The Morgan fingerprint density at radius 2 is 1.88 bits per heavy atom. The monoisotopic (exact) mass is 108 g/mol. The Morgan fingerprint density at radius 1 is 1.38 bits per heavy atom. The lowest BCUT2D eigenvalue weighted by Gasteiger charge is -2.09. The molecule has 2 N–H and O–H groups in total. The Bertz CT molecular complexity index is 140. The van der Waals surface area contributed by atoms with Crippen molar-refractivity contribution in [3.05, 3.63) is 36.7 Å². The van der Waals surface area contributed by atoms with Crippen LogP contribution >= 0.6 is 0 Å². The molecule has 1 rings (SSSR count). The van der Waals surface area contributed by atoms with E-state index in [-0.39, 0.29) is 0 Å². The fourth-order valence-electron chi connectivity index (χ4n) is 0.469. The zero-order valence-electron chi connectivity index (χ0n) is 4.54. The van der Waals surface area contributed by atoms with Crippen molar-refractivity contribution in [1.29, 1.82) is 0 Å². The van der Waals surface area contributed by atoms with E-state index in [1.165, 1.54) is 5.01 Å². The molecule has 0 saturated carbocycles. The van der Waals surface area contributed by atoms with Crippen LogP contribution in [0.4, 0.5) is 0 Å². The maximum Gasteiger partial charge on any atom is 0.0212 e. The van der Waals surface area contributed by atoms with Crippen LogP contribution in [0.25, 0.3) is 0 Å². The van der Waals surface area contributed by atoms with Gasteiger partial charge in [-0.05, 0) is 17.7 Å². The normalized spacial score (nSPS) is 17.6. The standard InChI is InChI=1S/C6H8N2/c1-6-2-4-8(7)5-3-6/h2-5H,1,7H2. The molecule has 0 aromatic carbocycles. The van der Waals surface area contributed by atoms with Crippen LogP contribution in [0.2, 0.25) is 0 Å². The largest absolute Gasteiger partial charge is 0.294 e. The first-order valence-corrected chi connectivity index (χ1v) is 2.37. The minimum absolute atomic E-state index is 0.978. The highest BCUT2D eigenvalue weighted by molar-refractivity contribution is 5.29. The molecule has 0 aromatic heterocycles. The average molecular weight is 108 g/mol. The lowest BCUT2D eigenvalue weighted by molar-refractivity contribution is 0.536. The summed E-state index contributed by atoms with van der Waals surface area (Å²) >= 11 is 0. The highest BCUT2D eigenvalue weighted by Gasteiger charge is 1.89. The van der Waals surface area contributed by atoms with E-state index >= 15 is 0 Å². The smallest absolute Gasteiger partial charge is 0.0212 e. The Hall–Kier alpha value is -1.02. The van der Waals surface area contributed by atoms with Crippen molar-refractivity contribution in [3.8, 4) is 0 Å². The van der Waals surface area contributed by atoms with Crippen molar-refractivity contribution in [3.63, 3.8) is 0 Å². The molecular weight excluding hydrogens is 100 g/mol. The second kappa shape index (κ2) is 1.84. The van der Waals surface area contributed by atoms with Gasteiger partial charge in [0.25, 0.3) is 0 Å². The van der Waals surface area contributed by atoms with Crippen molar-refractivity contribution >= 4 is 0 Å². The van der Waals surface area contributed by atoms with E-state index in [2.05, 4.69) is 6.58 Å². The Labute approximate surface area is 48.6 Å². The highest BCUT2D eigenvalue weighted by atomic mass is 15.4. The fraction of sp³-hybridized carbons (Fsp3) is 0. The molecule has 2 nitrogen and oxygen atoms in total. The number of hydrogen-bond donors (Lipinski definition) is 1. The molecule has 0 aliphatic carbocycles. The van der Waals surface area contributed by atoms with Crippen LogP contribution in [0.5, 0.6) is 0 Å². The molecule has 1 heterocycles. The minimum atomic E-state index is 0.978. The second-order valence-corrected chi connectivity index (χ2v) is 1.65. The van der Waals surface area contributed by atoms with Gasteiger partial charge >= 0.3 is 0 Å². The van der Waals surface area contributed by atoms with Gasteiger partial charge < -0.3 is 0 Å². The molecule has 0 bridgehead atoms. The van der Waals surface area contributed by atoms with Crippen molar-refractivity contribution in [2.45, 2.75) is 0 Å². The molecule has 0 unspecified atom stereocenters. The molecule has 0 atom stereocenters. The van der Waals surface area contributed by atoms with E-state index in [0.717, 1.165) is 5.57 Å². The molecule has 0 radical (unpaired) electrons. The Kier molecular flexibility index (Phi) is 1.18. The predicted octanol–water partition coefficient (Wildman–Crippen LogP) is 0.759. The third kappa shape index (κ3) is 0.978. The van der Waals surface area contributed by atoms with Gasteiger partial charge in [0, 0.05) is 12.4 Å². The lowest BCUT2D eigenvalue weighted by Crippen LogP contribution is -2.18. The highest BCUT2D eigenvalue weighted by Crippen LogP contribution is 2.01. The number of hydrogen-bond acceptors (Lipinski definition) is 2. The predicted molar refractivity (Wildman–Crippen MR) is 33.4 cm³/mol. The third-order valence-electron chi connectivity index (χ3n) is 0.921. The summed E-state index contributed by atoms with van der Waals surface area (Å²) < 4.78 is 0. The molecule has 1 aliphatic heterocycles. The van der Waals surface area contributed by atoms with Crippen LogP contribution < -0.4 is 5.84 Å². The SMILES string of the molecule is C=C1C=CN(N)C=C1. The Balaban J connectivity index is 2.68. The van der Waals surface area contributed by atoms with Gasteiger partial charge in [-0.2, -0.15) is 0 Å². The van der Waals surface area contributed by atoms with E-state index in [1.807, 2.05) is 12.2 Å². The van der Waals surface area contributed by atoms with Crippen molar-refractivity contribution < 1.29 is 0 Å². The van der Waals surface area contributed by atoms with Gasteiger partial charge in [-0.25, -0.2) is 5.84 Å². The van der Waals surface area contributed by atoms with Gasteiger partial charge in [0.05, 0.1) is 0 Å². The molecule has 42 valence electrons. The summed E-state index contributed by atoms with van der Waals surface area (Å²) in [6.45, 7) is 3.69. The van der Waals surface area contributed by atoms with Crippen LogP contribution in [0.1, 0.15) is 0 Å². The summed E-state index contributed by atoms with van der Waals surface area (Å²) in [5.74, 6) is 5.32. The summed E-state index contributed by atoms with van der Waals surface area (Å²) in [7, 11) is 0. The second-order valence-electron chi connectivity index (χ2n) is 1.65. The number of rotatable bonds is 0. The quantitative estimate of drug-likeness (QED) is 0.464. The van der Waals surface area contributed by atoms with Crippen LogP contribution in [-0.2, 0) is 0 Å². The zero-order valence-corrected chi connectivity index (χ0v) is 4.54. The van der Waals surface area contributed by atoms with Crippen molar-refractivity contribution in [1.82, 2.24) is 5.01 Å². The molecule has 0 spiro atoms. The van der Waals surface area contributed by atoms with Gasteiger partial charge in [-0.1, -0.05) is 6.58 Å². The van der Waals surface area contributed by atoms with Gasteiger partial charge in [0.1, 0.15) is 0 Å². The average Bonchev–Trinajstić information content (AvgIpc) is 1.77. The van der Waals surface area contributed by atoms with Crippen LogP contribution in [0, 0.1) is 0 Å².